The van der Waals surface area contributed by atoms with E-state index in [4.69, 9.17) is 14.7 Å². The second kappa shape index (κ2) is 11.1. The van der Waals surface area contributed by atoms with Crippen molar-refractivity contribution in [1.29, 1.82) is 0 Å². The summed E-state index contributed by atoms with van der Waals surface area (Å²) in [6.45, 7) is 2.25. The largest absolute Gasteiger partial charge is 0.508 e. The van der Waals surface area contributed by atoms with Gasteiger partial charge in [0.1, 0.15) is 35.6 Å². The number of ether oxygens (including phenoxy) is 1. The molecule has 46 heavy (non-hydrogen) atoms. The van der Waals surface area contributed by atoms with Crippen molar-refractivity contribution in [2.75, 3.05) is 31.1 Å². The molecule has 2 aromatic heterocycles. The Morgan fingerprint density at radius 3 is 2.72 bits per heavy atom. The van der Waals surface area contributed by atoms with E-state index in [1.54, 1.807) is 18.3 Å². The molecular weight excluding hydrogens is 701 g/mol. The molecule has 2 N–H and O–H groups in total. The first-order chi connectivity index (χ1) is 22.3. The van der Waals surface area contributed by atoms with Gasteiger partial charge in [-0.1, -0.05) is 25.0 Å². The summed E-state index contributed by atoms with van der Waals surface area (Å²) < 4.78 is 39.2. The molecule has 0 radical (unpaired) electrons. The first-order valence-electron chi connectivity index (χ1n) is 16.7. The molecular formula is C35H37F2IN6O2. The zero-order chi connectivity index (χ0) is 31.2. The van der Waals surface area contributed by atoms with Gasteiger partial charge >= 0.3 is 6.01 Å². The lowest BCUT2D eigenvalue weighted by molar-refractivity contribution is 0.0775. The van der Waals surface area contributed by atoms with Crippen LogP contribution < -0.4 is 15.0 Å². The van der Waals surface area contributed by atoms with Gasteiger partial charge in [0, 0.05) is 64.9 Å². The lowest BCUT2D eigenvalue weighted by atomic mass is 9.81. The van der Waals surface area contributed by atoms with Crippen LogP contribution in [0.25, 0.3) is 32.9 Å². The predicted molar refractivity (Wildman–Crippen MR) is 182 cm³/mol. The molecule has 8 nitrogen and oxygen atoms in total. The van der Waals surface area contributed by atoms with Crippen molar-refractivity contribution in [1.82, 2.24) is 25.2 Å². The van der Waals surface area contributed by atoms with Crippen molar-refractivity contribution in [3.8, 4) is 23.0 Å². The van der Waals surface area contributed by atoms with Crippen LogP contribution in [-0.4, -0.2) is 81.0 Å². The Balaban J connectivity index is 1.15. The van der Waals surface area contributed by atoms with Gasteiger partial charge in [-0.2, -0.15) is 9.97 Å². The summed E-state index contributed by atoms with van der Waals surface area (Å²) in [5.41, 5.74) is 0.382. The second-order valence-electron chi connectivity index (χ2n) is 14.2. The number of phenols is 1. The first kappa shape index (κ1) is 29.3. The maximum Gasteiger partial charge on any atom is 0.319 e. The van der Waals surface area contributed by atoms with E-state index in [0.717, 1.165) is 53.1 Å². The Kier molecular flexibility index (Phi) is 7.05. The fraction of sp³-hybridized carbons (Fsp3) is 0.514. The number of benzene rings is 2. The normalized spacial score (nSPS) is 30.7. The number of pyridine rings is 1. The lowest BCUT2D eigenvalue weighted by Gasteiger charge is -2.36. The number of piperazine rings is 1. The molecule has 2 bridgehead atoms. The summed E-state index contributed by atoms with van der Waals surface area (Å²) >= 11 is 2.24. The van der Waals surface area contributed by atoms with Crippen molar-refractivity contribution >= 4 is 50.1 Å². The summed E-state index contributed by atoms with van der Waals surface area (Å²) in [5.74, 6) is 0.654. The standard InChI is InChI=1S/C35H37F2IN6O2/c36-21-13-35(12-20-4-1-2-7-28(20)44(35)15-21)18-46-34-41-32-26(33(42-34)43-16-22-8-9-23(17-43)40-22)14-39-31(30(32)37)25-11-24(45)10-19-5-3-6-27(38)29(19)25/h3,5-6,10-11,14,20-23,28,40,45H,1-2,4,7-9,12-13,15-18H2/t20-,21-,22?,23?,28-,35-/m1/s1. The molecule has 5 fully saturated rings. The fourth-order valence-corrected chi connectivity index (χ4v) is 10.3. The Morgan fingerprint density at radius 2 is 1.87 bits per heavy atom. The Bertz CT molecular complexity index is 1850. The number of alkyl halides is 1. The van der Waals surface area contributed by atoms with Crippen LogP contribution in [0.15, 0.2) is 36.5 Å². The molecule has 9 rings (SSSR count). The molecule has 4 aliphatic heterocycles. The van der Waals surface area contributed by atoms with Crippen LogP contribution in [0.2, 0.25) is 0 Å². The average Bonchev–Trinajstić information content (AvgIpc) is 3.66. The summed E-state index contributed by atoms with van der Waals surface area (Å²) in [6, 6.07) is 10.2. The third-order valence-corrected chi connectivity index (χ3v) is 12.2. The second-order valence-corrected chi connectivity index (χ2v) is 15.3. The maximum atomic E-state index is 16.9. The minimum atomic E-state index is -0.873. The van der Waals surface area contributed by atoms with E-state index in [1.807, 2.05) is 18.2 Å². The summed E-state index contributed by atoms with van der Waals surface area (Å²) in [7, 11) is 0. The van der Waals surface area contributed by atoms with Gasteiger partial charge in [-0.15, -0.1) is 0 Å². The summed E-state index contributed by atoms with van der Waals surface area (Å²) in [5, 5.41) is 16.4. The zero-order valence-corrected chi connectivity index (χ0v) is 27.7. The molecule has 2 unspecified atom stereocenters. The minimum Gasteiger partial charge on any atom is -0.508 e. The van der Waals surface area contributed by atoms with Gasteiger partial charge in [0.05, 0.1) is 10.9 Å². The quantitative estimate of drug-likeness (QED) is 0.229. The maximum absolute atomic E-state index is 16.9. The number of aromatic hydroxyl groups is 1. The number of halogens is 3. The van der Waals surface area contributed by atoms with Gasteiger partial charge in [0.25, 0.3) is 0 Å². The van der Waals surface area contributed by atoms with E-state index in [0.29, 0.717) is 53.8 Å². The predicted octanol–water partition coefficient (Wildman–Crippen LogP) is 6.36. The molecule has 6 atom stereocenters. The number of aromatic nitrogens is 3. The van der Waals surface area contributed by atoms with Crippen LogP contribution in [0.3, 0.4) is 0 Å². The number of nitrogens with zero attached hydrogens (tertiary/aromatic N) is 5. The third kappa shape index (κ3) is 4.74. The molecule has 11 heteroatoms. The van der Waals surface area contributed by atoms with Gasteiger partial charge in [-0.3, -0.25) is 9.88 Å². The van der Waals surface area contributed by atoms with Crippen LogP contribution in [-0.2, 0) is 0 Å². The Morgan fingerprint density at radius 1 is 1.04 bits per heavy atom. The summed E-state index contributed by atoms with van der Waals surface area (Å²) in [4.78, 5) is 18.9. The van der Waals surface area contributed by atoms with Gasteiger partial charge in [-0.05, 0) is 84.2 Å². The highest BCUT2D eigenvalue weighted by Gasteiger charge is 2.57. The monoisotopic (exact) mass is 738 g/mol. The first-order valence-corrected chi connectivity index (χ1v) is 17.8. The van der Waals surface area contributed by atoms with Crippen molar-refractivity contribution in [2.45, 2.75) is 81.2 Å². The lowest BCUT2D eigenvalue weighted by Crippen LogP contribution is -2.51. The smallest absolute Gasteiger partial charge is 0.319 e. The molecule has 2 aromatic carbocycles. The molecule has 0 spiro atoms. The molecule has 4 saturated heterocycles. The van der Waals surface area contributed by atoms with Crippen molar-refractivity contribution in [2.24, 2.45) is 5.92 Å². The topological polar surface area (TPSA) is 86.6 Å². The molecule has 6 heterocycles. The van der Waals surface area contributed by atoms with E-state index in [2.05, 4.69) is 42.7 Å². The minimum absolute atomic E-state index is 0.0400. The Hall–Kier alpha value is -2.90. The van der Waals surface area contributed by atoms with E-state index in [-0.39, 0.29) is 35.1 Å². The highest BCUT2D eigenvalue weighted by atomic mass is 127. The van der Waals surface area contributed by atoms with Gasteiger partial charge in [0.15, 0.2) is 5.82 Å². The molecule has 5 aliphatic rings. The fourth-order valence-electron chi connectivity index (χ4n) is 9.45. The number of fused-ring (bicyclic) bond motifs is 7. The van der Waals surface area contributed by atoms with Gasteiger partial charge in [0.2, 0.25) is 0 Å². The van der Waals surface area contributed by atoms with Crippen molar-refractivity contribution in [3.63, 3.8) is 0 Å². The number of hydrogen-bond donors (Lipinski definition) is 2. The average molecular weight is 739 g/mol. The molecule has 240 valence electrons. The van der Waals surface area contributed by atoms with E-state index in [9.17, 15) is 9.50 Å². The van der Waals surface area contributed by atoms with Crippen LogP contribution in [0.5, 0.6) is 11.8 Å². The van der Waals surface area contributed by atoms with Crippen LogP contribution in [0, 0.1) is 15.3 Å². The number of phenolic OH excluding ortho intramolecular Hbond substituents is 1. The van der Waals surface area contributed by atoms with Gasteiger partial charge < -0.3 is 20.1 Å². The Labute approximate surface area is 280 Å². The van der Waals surface area contributed by atoms with Crippen LogP contribution in [0.1, 0.15) is 51.4 Å². The van der Waals surface area contributed by atoms with Gasteiger partial charge in [-0.25, -0.2) is 8.78 Å². The van der Waals surface area contributed by atoms with Crippen molar-refractivity contribution < 1.29 is 18.6 Å². The van der Waals surface area contributed by atoms with Crippen molar-refractivity contribution in [3.05, 3.63) is 45.9 Å². The highest BCUT2D eigenvalue weighted by molar-refractivity contribution is 14.1. The number of rotatable bonds is 5. The zero-order valence-electron chi connectivity index (χ0n) is 25.6. The third-order valence-electron chi connectivity index (χ3n) is 11.3. The summed E-state index contributed by atoms with van der Waals surface area (Å²) in [6.07, 6.45) is 9.08. The van der Waals surface area contributed by atoms with E-state index in [1.165, 1.54) is 19.3 Å². The molecule has 1 saturated carbocycles. The number of nitrogens with one attached hydrogen (secondary N) is 1. The molecule has 1 aliphatic carbocycles. The van der Waals surface area contributed by atoms with Crippen LogP contribution in [0.4, 0.5) is 14.6 Å². The number of hydrogen-bond acceptors (Lipinski definition) is 8. The molecule has 0 amide bonds. The van der Waals surface area contributed by atoms with Crippen LogP contribution >= 0.6 is 22.6 Å². The van der Waals surface area contributed by atoms with E-state index >= 15 is 4.39 Å². The SMILES string of the molecule is Oc1cc(-c2ncc3c(N4CC5CCC(C4)N5)nc(OC[C@@]45C[C@@H](F)CN4[C@@H]4CCCC[C@@H]4C5)nc3c2F)c2c(I)cccc2c1. The van der Waals surface area contributed by atoms with E-state index < -0.39 is 12.0 Å². The molecule has 4 aromatic rings. The number of anilines is 1. The highest BCUT2D eigenvalue weighted by Crippen LogP contribution is 2.51.